The smallest absolute Gasteiger partial charge is 0.408 e. The Morgan fingerprint density at radius 2 is 1.87 bits per heavy atom. The maximum absolute atomic E-state index is 13.9. The Bertz CT molecular complexity index is 602. The van der Waals surface area contributed by atoms with Gasteiger partial charge in [0.1, 0.15) is 11.6 Å². The third-order valence-electron chi connectivity index (χ3n) is 2.72. The summed E-state index contributed by atoms with van der Waals surface area (Å²) < 4.78 is 37.0. The lowest BCUT2D eigenvalue weighted by atomic mass is 10.1. The van der Waals surface area contributed by atoms with Crippen LogP contribution >= 0.6 is 15.9 Å². The van der Waals surface area contributed by atoms with Gasteiger partial charge in [0.15, 0.2) is 11.6 Å². The van der Waals surface area contributed by atoms with Crippen molar-refractivity contribution in [2.24, 2.45) is 0 Å². The van der Waals surface area contributed by atoms with Crippen molar-refractivity contribution in [3.63, 3.8) is 0 Å². The third kappa shape index (κ3) is 5.78. The largest absolute Gasteiger partial charge is 0.467 e. The predicted molar refractivity (Wildman–Crippen MR) is 82.9 cm³/mol. The molecule has 1 atom stereocenters. The first-order valence-corrected chi connectivity index (χ1v) is 7.54. The number of esters is 1. The summed E-state index contributed by atoms with van der Waals surface area (Å²) in [4.78, 5) is 23.5. The molecule has 0 bridgehead atoms. The summed E-state index contributed by atoms with van der Waals surface area (Å²) in [6.07, 6.45) is -1.13. The van der Waals surface area contributed by atoms with Gasteiger partial charge in [-0.1, -0.05) is 6.07 Å². The lowest BCUT2D eigenvalue weighted by Gasteiger charge is -2.22. The number of halogens is 3. The molecule has 1 aromatic carbocycles. The highest BCUT2D eigenvalue weighted by atomic mass is 79.9. The van der Waals surface area contributed by atoms with Gasteiger partial charge < -0.3 is 14.8 Å². The molecule has 128 valence electrons. The average Bonchev–Trinajstić information content (AvgIpc) is 2.44. The zero-order chi connectivity index (χ0) is 17.8. The molecule has 0 aliphatic heterocycles. The fraction of sp³-hybridized carbons (Fsp3) is 0.467. The molecule has 0 unspecified atom stereocenters. The topological polar surface area (TPSA) is 64.6 Å². The molecule has 0 aliphatic carbocycles. The number of carbonyl (C=O) groups is 2. The summed E-state index contributed by atoms with van der Waals surface area (Å²) in [5.74, 6) is -2.96. The van der Waals surface area contributed by atoms with Crippen molar-refractivity contribution in [3.8, 4) is 0 Å². The van der Waals surface area contributed by atoms with Gasteiger partial charge in [-0.25, -0.2) is 18.4 Å². The van der Waals surface area contributed by atoms with E-state index in [1.165, 1.54) is 12.1 Å². The second-order valence-corrected chi connectivity index (χ2v) is 6.61. The Hall–Kier alpha value is -1.70. The first kappa shape index (κ1) is 19.3. The molecule has 0 saturated heterocycles. The number of hydrogen-bond donors (Lipinski definition) is 1. The summed E-state index contributed by atoms with van der Waals surface area (Å²) in [6, 6.07) is 1.43. The van der Waals surface area contributed by atoms with Crippen LogP contribution in [0.4, 0.5) is 13.6 Å². The van der Waals surface area contributed by atoms with Crippen molar-refractivity contribution in [2.75, 3.05) is 7.11 Å². The highest BCUT2D eigenvalue weighted by molar-refractivity contribution is 9.10. The Balaban J connectivity index is 2.94. The van der Waals surface area contributed by atoms with Crippen LogP contribution in [0.3, 0.4) is 0 Å². The summed E-state index contributed by atoms with van der Waals surface area (Å²) >= 11 is 2.87. The Kier molecular flexibility index (Phi) is 6.49. The van der Waals surface area contributed by atoms with Crippen molar-refractivity contribution in [1.82, 2.24) is 5.32 Å². The summed E-state index contributed by atoms with van der Waals surface area (Å²) in [5, 5.41) is 2.30. The summed E-state index contributed by atoms with van der Waals surface area (Å²) in [6.45, 7) is 4.97. The zero-order valence-electron chi connectivity index (χ0n) is 13.2. The normalized spacial score (nSPS) is 12.5. The monoisotopic (exact) mass is 393 g/mol. The van der Waals surface area contributed by atoms with E-state index in [9.17, 15) is 18.4 Å². The first-order valence-electron chi connectivity index (χ1n) is 6.75. The Morgan fingerprint density at radius 1 is 1.26 bits per heavy atom. The van der Waals surface area contributed by atoms with Crippen molar-refractivity contribution in [1.29, 1.82) is 0 Å². The van der Waals surface area contributed by atoms with Gasteiger partial charge in [0.25, 0.3) is 0 Å². The molecule has 23 heavy (non-hydrogen) atoms. The quantitative estimate of drug-likeness (QED) is 0.629. The highest BCUT2D eigenvalue weighted by Gasteiger charge is 2.27. The maximum atomic E-state index is 13.9. The van der Waals surface area contributed by atoms with Gasteiger partial charge >= 0.3 is 12.1 Å². The fourth-order valence-corrected chi connectivity index (χ4v) is 2.04. The molecular formula is C15H18BrF2NO4. The van der Waals surface area contributed by atoms with E-state index in [-0.39, 0.29) is 16.5 Å². The number of benzene rings is 1. The van der Waals surface area contributed by atoms with Gasteiger partial charge in [-0.3, -0.25) is 0 Å². The van der Waals surface area contributed by atoms with Gasteiger partial charge in [-0.05, 0) is 48.3 Å². The van der Waals surface area contributed by atoms with Crippen LogP contribution in [0.15, 0.2) is 16.6 Å². The molecule has 0 aromatic heterocycles. The molecule has 0 fully saturated rings. The minimum Gasteiger partial charge on any atom is -0.467 e. The Morgan fingerprint density at radius 3 is 2.39 bits per heavy atom. The lowest BCUT2D eigenvalue weighted by Crippen LogP contribution is -2.45. The van der Waals surface area contributed by atoms with E-state index in [1.807, 2.05) is 0 Å². The van der Waals surface area contributed by atoms with E-state index in [4.69, 9.17) is 4.74 Å². The van der Waals surface area contributed by atoms with Crippen LogP contribution in [0.2, 0.25) is 0 Å². The fourth-order valence-electron chi connectivity index (χ4n) is 1.73. The molecule has 0 radical (unpaired) electrons. The highest BCUT2D eigenvalue weighted by Crippen LogP contribution is 2.22. The molecule has 5 nitrogen and oxygen atoms in total. The van der Waals surface area contributed by atoms with Crippen LogP contribution in [-0.2, 0) is 20.7 Å². The summed E-state index contributed by atoms with van der Waals surface area (Å²) in [7, 11) is 1.13. The molecule has 8 heteroatoms. The third-order valence-corrected chi connectivity index (χ3v) is 3.33. The molecule has 1 rings (SSSR count). The number of nitrogens with one attached hydrogen (secondary N) is 1. The lowest BCUT2D eigenvalue weighted by molar-refractivity contribution is -0.143. The average molecular weight is 394 g/mol. The summed E-state index contributed by atoms with van der Waals surface area (Å²) in [5.41, 5.74) is -0.836. The first-order chi connectivity index (χ1) is 10.5. The number of carbonyl (C=O) groups excluding carboxylic acids is 2. The van der Waals surface area contributed by atoms with E-state index in [0.29, 0.717) is 0 Å². The van der Waals surface area contributed by atoms with E-state index in [1.54, 1.807) is 20.8 Å². The number of amides is 1. The maximum Gasteiger partial charge on any atom is 0.408 e. The number of rotatable bonds is 4. The van der Waals surface area contributed by atoms with Gasteiger partial charge in [0.05, 0.1) is 11.6 Å². The molecular weight excluding hydrogens is 376 g/mol. The van der Waals surface area contributed by atoms with Crippen LogP contribution in [0.5, 0.6) is 0 Å². The molecule has 0 saturated carbocycles. The van der Waals surface area contributed by atoms with Crippen LogP contribution in [-0.4, -0.2) is 30.8 Å². The van der Waals surface area contributed by atoms with Crippen LogP contribution in [0.25, 0.3) is 0 Å². The predicted octanol–water partition coefficient (Wildman–Crippen LogP) is 3.34. The zero-order valence-corrected chi connectivity index (χ0v) is 14.8. The van der Waals surface area contributed by atoms with Crippen LogP contribution < -0.4 is 5.32 Å². The van der Waals surface area contributed by atoms with Crippen molar-refractivity contribution in [2.45, 2.75) is 38.8 Å². The number of ether oxygens (including phenoxy) is 2. The minimum atomic E-state index is -1.20. The van der Waals surface area contributed by atoms with Gasteiger partial charge in [0.2, 0.25) is 0 Å². The second kappa shape index (κ2) is 7.72. The van der Waals surface area contributed by atoms with E-state index in [2.05, 4.69) is 26.0 Å². The van der Waals surface area contributed by atoms with E-state index in [0.717, 1.165) is 7.11 Å². The molecule has 1 N–H and O–H groups in total. The molecule has 1 amide bonds. The molecule has 0 heterocycles. The molecule has 0 aliphatic rings. The minimum absolute atomic E-state index is 0.0338. The standard InChI is InChI=1S/C15H18BrF2NO4/c1-15(2,3)23-14(21)19-10(13(20)22-4)7-8-5-6-9(16)12(18)11(8)17/h5-6,10H,7H2,1-4H3,(H,19,21)/t10-/m0/s1. The van der Waals surface area contributed by atoms with Gasteiger partial charge in [0, 0.05) is 6.42 Å². The van der Waals surface area contributed by atoms with E-state index < -0.39 is 35.3 Å². The van der Waals surface area contributed by atoms with Crippen molar-refractivity contribution in [3.05, 3.63) is 33.8 Å². The number of methoxy groups -OCH3 is 1. The Labute approximate surface area is 141 Å². The van der Waals surface area contributed by atoms with Crippen LogP contribution in [0, 0.1) is 11.6 Å². The molecule has 1 aromatic rings. The van der Waals surface area contributed by atoms with Crippen molar-refractivity contribution >= 4 is 28.0 Å². The molecule has 0 spiro atoms. The van der Waals surface area contributed by atoms with E-state index >= 15 is 0 Å². The van der Waals surface area contributed by atoms with Gasteiger partial charge in [-0.15, -0.1) is 0 Å². The van der Waals surface area contributed by atoms with Crippen LogP contribution in [0.1, 0.15) is 26.3 Å². The second-order valence-electron chi connectivity index (χ2n) is 5.76. The van der Waals surface area contributed by atoms with Gasteiger partial charge in [-0.2, -0.15) is 0 Å². The SMILES string of the molecule is COC(=O)[C@H](Cc1ccc(Br)c(F)c1F)NC(=O)OC(C)(C)C. The number of alkyl carbamates (subject to hydrolysis) is 1. The van der Waals surface area contributed by atoms with Crippen molar-refractivity contribution < 1.29 is 27.8 Å². The number of hydrogen-bond acceptors (Lipinski definition) is 4.